The minimum atomic E-state index is -2.56. The summed E-state index contributed by atoms with van der Waals surface area (Å²) in [5, 5.41) is 2.70. The standard InChI is InChI=1S/C11H14F2N4/c1-16-10(15)3-2-9(14)7-4-8(11(12)13)6-17-5-7/h2-6,11,16H,14-15H2,1H3/b9-2-,10-3+. The molecule has 0 fully saturated rings. The maximum absolute atomic E-state index is 12.4. The van der Waals surface area contributed by atoms with Crippen molar-refractivity contribution in [2.24, 2.45) is 11.5 Å². The Balaban J connectivity index is 2.96. The van der Waals surface area contributed by atoms with Crippen molar-refractivity contribution in [3.8, 4) is 0 Å². The first-order valence-corrected chi connectivity index (χ1v) is 4.88. The molecule has 0 radical (unpaired) electrons. The smallest absolute Gasteiger partial charge is 0.265 e. The second kappa shape index (κ2) is 5.83. The molecule has 0 atom stereocenters. The van der Waals surface area contributed by atoms with Crippen LogP contribution < -0.4 is 16.8 Å². The van der Waals surface area contributed by atoms with Crippen LogP contribution in [0.3, 0.4) is 0 Å². The molecule has 6 heteroatoms. The maximum Gasteiger partial charge on any atom is 0.265 e. The summed E-state index contributed by atoms with van der Waals surface area (Å²) in [6.45, 7) is 0. The highest BCUT2D eigenvalue weighted by atomic mass is 19.3. The summed E-state index contributed by atoms with van der Waals surface area (Å²) in [6.07, 6.45) is 3.04. The van der Waals surface area contributed by atoms with Gasteiger partial charge in [-0.2, -0.15) is 0 Å². The van der Waals surface area contributed by atoms with Crippen molar-refractivity contribution in [3.63, 3.8) is 0 Å². The Bertz CT molecular complexity index is 441. The normalized spacial score (nSPS) is 12.9. The number of nitrogens with zero attached hydrogens (tertiary/aromatic N) is 1. The zero-order valence-electron chi connectivity index (χ0n) is 9.32. The summed E-state index contributed by atoms with van der Waals surface area (Å²) in [7, 11) is 1.66. The lowest BCUT2D eigenvalue weighted by molar-refractivity contribution is 0.151. The monoisotopic (exact) mass is 240 g/mol. The number of allylic oxidation sites excluding steroid dienone is 2. The van der Waals surface area contributed by atoms with Crippen LogP contribution >= 0.6 is 0 Å². The van der Waals surface area contributed by atoms with Gasteiger partial charge in [-0.3, -0.25) is 4.98 Å². The Morgan fingerprint density at radius 3 is 2.65 bits per heavy atom. The molecule has 0 amide bonds. The summed E-state index contributed by atoms with van der Waals surface area (Å²) < 4.78 is 24.9. The van der Waals surface area contributed by atoms with Crippen molar-refractivity contribution in [2.45, 2.75) is 6.43 Å². The predicted octanol–water partition coefficient (Wildman–Crippen LogP) is 1.34. The Hall–Kier alpha value is -2.11. The van der Waals surface area contributed by atoms with Crippen LogP contribution in [0.1, 0.15) is 17.6 Å². The lowest BCUT2D eigenvalue weighted by atomic mass is 10.1. The Labute approximate surface area is 98.0 Å². The molecule has 0 saturated heterocycles. The fourth-order valence-electron chi connectivity index (χ4n) is 1.09. The van der Waals surface area contributed by atoms with Crippen LogP contribution in [-0.2, 0) is 0 Å². The van der Waals surface area contributed by atoms with Gasteiger partial charge in [-0.1, -0.05) is 0 Å². The van der Waals surface area contributed by atoms with Crippen LogP contribution in [0.4, 0.5) is 8.78 Å². The molecule has 0 aliphatic rings. The first-order chi connectivity index (χ1) is 8.04. The van der Waals surface area contributed by atoms with Crippen molar-refractivity contribution in [1.29, 1.82) is 0 Å². The second-order valence-corrected chi connectivity index (χ2v) is 3.30. The van der Waals surface area contributed by atoms with Gasteiger partial charge in [0.25, 0.3) is 6.43 Å². The van der Waals surface area contributed by atoms with E-state index in [9.17, 15) is 8.78 Å². The number of nitrogens with one attached hydrogen (secondary N) is 1. The van der Waals surface area contributed by atoms with Gasteiger partial charge in [-0.15, -0.1) is 0 Å². The number of hydrogen-bond acceptors (Lipinski definition) is 4. The first kappa shape index (κ1) is 13.0. The van der Waals surface area contributed by atoms with Gasteiger partial charge in [0.15, 0.2) is 0 Å². The zero-order valence-corrected chi connectivity index (χ0v) is 9.32. The third-order valence-electron chi connectivity index (χ3n) is 2.08. The largest absolute Gasteiger partial charge is 0.398 e. The SMILES string of the molecule is CN/C(N)=C/C=C(\N)c1cncc(C(F)F)c1. The molecule has 0 aliphatic heterocycles. The lowest BCUT2D eigenvalue weighted by Gasteiger charge is -2.04. The van der Waals surface area contributed by atoms with E-state index in [1.807, 2.05) is 0 Å². The van der Waals surface area contributed by atoms with Gasteiger partial charge < -0.3 is 16.8 Å². The van der Waals surface area contributed by atoms with E-state index >= 15 is 0 Å². The second-order valence-electron chi connectivity index (χ2n) is 3.30. The van der Waals surface area contributed by atoms with Crippen molar-refractivity contribution < 1.29 is 8.78 Å². The van der Waals surface area contributed by atoms with E-state index in [4.69, 9.17) is 11.5 Å². The van der Waals surface area contributed by atoms with Crippen LogP contribution in [0.5, 0.6) is 0 Å². The van der Waals surface area contributed by atoms with Gasteiger partial charge in [0.05, 0.1) is 5.82 Å². The highest BCUT2D eigenvalue weighted by Gasteiger charge is 2.08. The Kier molecular flexibility index (Phi) is 4.45. The molecule has 1 aromatic heterocycles. The molecule has 0 saturated carbocycles. The van der Waals surface area contributed by atoms with Gasteiger partial charge >= 0.3 is 0 Å². The fourth-order valence-corrected chi connectivity index (χ4v) is 1.09. The van der Waals surface area contributed by atoms with Gasteiger partial charge in [0, 0.05) is 36.3 Å². The topological polar surface area (TPSA) is 77.0 Å². The van der Waals surface area contributed by atoms with Gasteiger partial charge in [0.2, 0.25) is 0 Å². The molecule has 1 aromatic rings. The number of nitrogens with two attached hydrogens (primary N) is 2. The van der Waals surface area contributed by atoms with Crippen molar-refractivity contribution in [2.75, 3.05) is 7.05 Å². The van der Waals surface area contributed by atoms with Crippen molar-refractivity contribution >= 4 is 5.70 Å². The predicted molar refractivity (Wildman–Crippen MR) is 62.7 cm³/mol. The van der Waals surface area contributed by atoms with Gasteiger partial charge in [-0.25, -0.2) is 8.78 Å². The molecule has 4 nitrogen and oxygen atoms in total. The van der Waals surface area contributed by atoms with E-state index in [1.165, 1.54) is 18.3 Å². The molecular formula is C11H14F2N4. The quantitative estimate of drug-likeness (QED) is 0.694. The number of hydrogen-bond donors (Lipinski definition) is 3. The Morgan fingerprint density at radius 2 is 2.06 bits per heavy atom. The number of pyridine rings is 1. The molecule has 1 heterocycles. The van der Waals surface area contributed by atoms with E-state index in [0.29, 0.717) is 17.1 Å². The third kappa shape index (κ3) is 3.75. The molecule has 0 unspecified atom stereocenters. The van der Waals surface area contributed by atoms with E-state index in [-0.39, 0.29) is 5.56 Å². The lowest BCUT2D eigenvalue weighted by Crippen LogP contribution is -2.13. The highest BCUT2D eigenvalue weighted by molar-refractivity contribution is 5.64. The molecule has 0 spiro atoms. The Morgan fingerprint density at radius 1 is 1.35 bits per heavy atom. The molecule has 17 heavy (non-hydrogen) atoms. The van der Waals surface area contributed by atoms with Gasteiger partial charge in [-0.05, 0) is 18.2 Å². The van der Waals surface area contributed by atoms with E-state index < -0.39 is 6.43 Å². The molecule has 5 N–H and O–H groups in total. The van der Waals surface area contributed by atoms with Gasteiger partial charge in [0.1, 0.15) is 0 Å². The summed E-state index contributed by atoms with van der Waals surface area (Å²) >= 11 is 0. The summed E-state index contributed by atoms with van der Waals surface area (Å²) in [5.41, 5.74) is 11.8. The van der Waals surface area contributed by atoms with Crippen LogP contribution in [-0.4, -0.2) is 12.0 Å². The van der Waals surface area contributed by atoms with Crippen LogP contribution in [0.15, 0.2) is 36.4 Å². The number of aromatic nitrogens is 1. The summed E-state index contributed by atoms with van der Waals surface area (Å²) in [4.78, 5) is 3.71. The number of alkyl halides is 2. The molecule has 0 aromatic carbocycles. The minimum Gasteiger partial charge on any atom is -0.398 e. The van der Waals surface area contributed by atoms with Crippen molar-refractivity contribution in [1.82, 2.24) is 10.3 Å². The highest BCUT2D eigenvalue weighted by Crippen LogP contribution is 2.20. The van der Waals surface area contributed by atoms with Crippen LogP contribution in [0.2, 0.25) is 0 Å². The molecular weight excluding hydrogens is 226 g/mol. The van der Waals surface area contributed by atoms with Crippen LogP contribution in [0, 0.1) is 0 Å². The molecule has 0 bridgehead atoms. The average Bonchev–Trinajstić information content (AvgIpc) is 2.35. The average molecular weight is 240 g/mol. The van der Waals surface area contributed by atoms with Crippen molar-refractivity contribution in [3.05, 3.63) is 47.6 Å². The molecule has 0 aliphatic carbocycles. The van der Waals surface area contributed by atoms with E-state index in [1.54, 1.807) is 13.1 Å². The van der Waals surface area contributed by atoms with Crippen LogP contribution in [0.25, 0.3) is 5.70 Å². The summed E-state index contributed by atoms with van der Waals surface area (Å²) in [5.74, 6) is 0.422. The van der Waals surface area contributed by atoms with E-state index in [0.717, 1.165) is 6.20 Å². The third-order valence-corrected chi connectivity index (χ3v) is 2.08. The molecule has 1 rings (SSSR count). The number of rotatable bonds is 4. The zero-order chi connectivity index (χ0) is 12.8. The van der Waals surface area contributed by atoms with E-state index in [2.05, 4.69) is 10.3 Å². The number of halogens is 2. The fraction of sp³-hybridized carbons (Fsp3) is 0.182. The minimum absolute atomic E-state index is 0.163. The molecule has 92 valence electrons. The summed E-state index contributed by atoms with van der Waals surface area (Å²) in [6, 6.07) is 1.30. The first-order valence-electron chi connectivity index (χ1n) is 4.88. The maximum atomic E-state index is 12.4.